The fourth-order valence-corrected chi connectivity index (χ4v) is 1.24. The van der Waals surface area contributed by atoms with Crippen molar-refractivity contribution in [1.82, 2.24) is 10.6 Å². The van der Waals surface area contributed by atoms with Crippen LogP contribution in [0.25, 0.3) is 0 Å². The maximum Gasteiger partial charge on any atom is 0.404 e. The number of carbonyl (C=O) groups is 2. The van der Waals surface area contributed by atoms with Crippen LogP contribution in [0.15, 0.2) is 16.5 Å². The number of nitrogens with one attached hydrogen (secondary N) is 2. The van der Waals surface area contributed by atoms with Gasteiger partial charge in [0.2, 0.25) is 0 Å². The molecule has 0 saturated heterocycles. The van der Waals surface area contributed by atoms with Gasteiger partial charge in [0.05, 0.1) is 6.54 Å². The fraction of sp³-hybridized carbons (Fsp3) is 0.333. The quantitative estimate of drug-likeness (QED) is 0.441. The zero-order valence-electron chi connectivity index (χ0n) is 10.2. The number of carbonyl (C=O) groups excluding carboxylic acids is 1. The normalized spacial score (nSPS) is 9.32. The minimum Gasteiger partial charge on any atom is -0.465 e. The summed E-state index contributed by atoms with van der Waals surface area (Å²) < 4.78 is 5.19. The van der Waals surface area contributed by atoms with E-state index in [1.165, 1.54) is 6.07 Å². The first kappa shape index (κ1) is 14.6. The topological polar surface area (TPSA) is 118 Å². The number of hydrogen-bond donors (Lipinski definition) is 4. The molecule has 0 atom stereocenters. The lowest BCUT2D eigenvalue weighted by Crippen LogP contribution is -2.28. The highest BCUT2D eigenvalue weighted by atomic mass is 16.4. The van der Waals surface area contributed by atoms with Crippen molar-refractivity contribution in [1.29, 1.82) is 0 Å². The molecule has 0 spiro atoms. The van der Waals surface area contributed by atoms with Gasteiger partial charge in [0.1, 0.15) is 0 Å². The Kier molecular flexibility index (Phi) is 5.98. The summed E-state index contributed by atoms with van der Waals surface area (Å²) in [7, 11) is 0. The maximum absolute atomic E-state index is 11.6. The van der Waals surface area contributed by atoms with Gasteiger partial charge in [-0.3, -0.25) is 4.79 Å². The first-order valence-corrected chi connectivity index (χ1v) is 5.67. The van der Waals surface area contributed by atoms with E-state index in [0.717, 1.165) is 0 Å². The molecule has 0 radical (unpaired) electrons. The molecule has 0 aromatic carbocycles. The SMILES string of the molecule is NCC#Cc1ccc(C(=O)NCCCNC(=O)O)o1. The third-order valence-electron chi connectivity index (χ3n) is 2.06. The van der Waals surface area contributed by atoms with Crippen molar-refractivity contribution >= 4 is 12.0 Å². The van der Waals surface area contributed by atoms with E-state index in [0.29, 0.717) is 18.7 Å². The summed E-state index contributed by atoms with van der Waals surface area (Å²) in [4.78, 5) is 21.8. The zero-order valence-corrected chi connectivity index (χ0v) is 10.2. The number of amides is 2. The fourth-order valence-electron chi connectivity index (χ4n) is 1.24. The Balaban J connectivity index is 2.33. The van der Waals surface area contributed by atoms with E-state index in [4.69, 9.17) is 15.3 Å². The Morgan fingerprint density at radius 2 is 2.05 bits per heavy atom. The number of hydrogen-bond acceptors (Lipinski definition) is 4. The van der Waals surface area contributed by atoms with Crippen LogP contribution in [0.2, 0.25) is 0 Å². The summed E-state index contributed by atoms with van der Waals surface area (Å²) in [6, 6.07) is 3.11. The van der Waals surface area contributed by atoms with Crippen LogP contribution in [0.3, 0.4) is 0 Å². The van der Waals surface area contributed by atoms with Gasteiger partial charge in [0.25, 0.3) is 5.91 Å². The number of rotatable bonds is 5. The highest BCUT2D eigenvalue weighted by Gasteiger charge is 2.09. The molecule has 7 nitrogen and oxygen atoms in total. The van der Waals surface area contributed by atoms with Gasteiger partial charge in [0, 0.05) is 13.1 Å². The Hall–Kier alpha value is -2.46. The predicted octanol–water partition coefficient (Wildman–Crippen LogP) is -0.0227. The monoisotopic (exact) mass is 265 g/mol. The van der Waals surface area contributed by atoms with Crippen molar-refractivity contribution in [3.63, 3.8) is 0 Å². The van der Waals surface area contributed by atoms with E-state index in [1.807, 2.05) is 0 Å². The van der Waals surface area contributed by atoms with Crippen LogP contribution in [-0.4, -0.2) is 36.7 Å². The molecule has 1 rings (SSSR count). The van der Waals surface area contributed by atoms with Gasteiger partial charge < -0.3 is 25.9 Å². The summed E-state index contributed by atoms with van der Waals surface area (Å²) in [6.07, 6.45) is -0.584. The molecule has 0 aliphatic carbocycles. The molecule has 0 unspecified atom stereocenters. The van der Waals surface area contributed by atoms with Gasteiger partial charge in [-0.05, 0) is 24.5 Å². The molecule has 5 N–H and O–H groups in total. The van der Waals surface area contributed by atoms with Gasteiger partial charge in [-0.2, -0.15) is 0 Å². The second kappa shape index (κ2) is 7.79. The van der Waals surface area contributed by atoms with E-state index in [1.54, 1.807) is 6.07 Å². The molecule has 2 amide bonds. The Morgan fingerprint density at radius 1 is 1.32 bits per heavy atom. The molecule has 102 valence electrons. The summed E-state index contributed by atoms with van der Waals surface area (Å²) >= 11 is 0. The summed E-state index contributed by atoms with van der Waals surface area (Å²) in [5.74, 6) is 5.46. The molecule has 0 bridgehead atoms. The zero-order chi connectivity index (χ0) is 14.1. The molecule has 1 aromatic rings. The van der Waals surface area contributed by atoms with E-state index < -0.39 is 6.09 Å². The Morgan fingerprint density at radius 3 is 2.74 bits per heavy atom. The molecule has 1 aromatic heterocycles. The van der Waals surface area contributed by atoms with Crippen LogP contribution in [0.4, 0.5) is 4.79 Å². The maximum atomic E-state index is 11.6. The van der Waals surface area contributed by atoms with Crippen molar-refractivity contribution in [2.75, 3.05) is 19.6 Å². The van der Waals surface area contributed by atoms with Crippen molar-refractivity contribution in [3.05, 3.63) is 23.7 Å². The third kappa shape index (κ3) is 5.61. The molecule has 0 saturated carbocycles. The van der Waals surface area contributed by atoms with E-state index >= 15 is 0 Å². The van der Waals surface area contributed by atoms with Crippen LogP contribution in [0.1, 0.15) is 22.7 Å². The van der Waals surface area contributed by atoms with E-state index in [-0.39, 0.29) is 24.8 Å². The minimum atomic E-state index is -1.08. The van der Waals surface area contributed by atoms with Crippen molar-refractivity contribution in [2.24, 2.45) is 5.73 Å². The highest BCUT2D eigenvalue weighted by molar-refractivity contribution is 5.91. The number of nitrogens with two attached hydrogens (primary N) is 1. The Labute approximate surface area is 110 Å². The second-order valence-electron chi connectivity index (χ2n) is 3.51. The minimum absolute atomic E-state index is 0.160. The molecule has 1 heterocycles. The standard InChI is InChI=1S/C12H15N3O4/c13-6-1-3-9-4-5-10(19-9)11(16)14-7-2-8-15-12(17)18/h4-5,15H,2,6-8,13H2,(H,14,16)(H,17,18). The lowest BCUT2D eigenvalue weighted by Gasteiger charge is -2.02. The van der Waals surface area contributed by atoms with E-state index in [2.05, 4.69) is 22.5 Å². The van der Waals surface area contributed by atoms with Gasteiger partial charge >= 0.3 is 6.09 Å². The molecule has 0 aliphatic heterocycles. The molecule has 19 heavy (non-hydrogen) atoms. The summed E-state index contributed by atoms with van der Waals surface area (Å²) in [5.41, 5.74) is 5.22. The van der Waals surface area contributed by atoms with Crippen LogP contribution in [0, 0.1) is 11.8 Å². The molecule has 0 fully saturated rings. The largest absolute Gasteiger partial charge is 0.465 e. The van der Waals surface area contributed by atoms with Crippen molar-refractivity contribution in [3.8, 4) is 11.8 Å². The van der Waals surface area contributed by atoms with Gasteiger partial charge in [-0.25, -0.2) is 4.79 Å². The van der Waals surface area contributed by atoms with Crippen molar-refractivity contribution < 1.29 is 19.1 Å². The average molecular weight is 265 g/mol. The summed E-state index contributed by atoms with van der Waals surface area (Å²) in [6.45, 7) is 0.851. The first-order valence-electron chi connectivity index (χ1n) is 5.67. The third-order valence-corrected chi connectivity index (χ3v) is 2.06. The van der Waals surface area contributed by atoms with Crippen LogP contribution in [0.5, 0.6) is 0 Å². The average Bonchev–Trinajstić information content (AvgIpc) is 2.84. The summed E-state index contributed by atoms with van der Waals surface area (Å²) in [5, 5.41) is 13.1. The van der Waals surface area contributed by atoms with Crippen LogP contribution < -0.4 is 16.4 Å². The molecule has 0 aliphatic rings. The van der Waals surface area contributed by atoms with Gasteiger partial charge in [-0.15, -0.1) is 0 Å². The van der Waals surface area contributed by atoms with E-state index in [9.17, 15) is 9.59 Å². The van der Waals surface area contributed by atoms with Gasteiger partial charge in [0.15, 0.2) is 11.5 Å². The van der Waals surface area contributed by atoms with Crippen LogP contribution in [-0.2, 0) is 0 Å². The molecular weight excluding hydrogens is 250 g/mol. The predicted molar refractivity (Wildman–Crippen MR) is 67.6 cm³/mol. The first-order chi connectivity index (χ1) is 9.13. The second-order valence-corrected chi connectivity index (χ2v) is 3.51. The lowest BCUT2D eigenvalue weighted by atomic mass is 10.3. The number of furan rings is 1. The lowest BCUT2D eigenvalue weighted by molar-refractivity contribution is 0.0925. The Bertz CT molecular complexity index is 499. The number of carboxylic acid groups (broad SMARTS) is 1. The van der Waals surface area contributed by atoms with Crippen LogP contribution >= 0.6 is 0 Å². The highest BCUT2D eigenvalue weighted by Crippen LogP contribution is 2.06. The molecular formula is C12H15N3O4. The van der Waals surface area contributed by atoms with Crippen molar-refractivity contribution in [2.45, 2.75) is 6.42 Å². The molecule has 7 heteroatoms. The van der Waals surface area contributed by atoms with Gasteiger partial charge in [-0.1, -0.05) is 5.92 Å². The smallest absolute Gasteiger partial charge is 0.404 e.